The first-order valence-corrected chi connectivity index (χ1v) is 6.12. The fourth-order valence-electron chi connectivity index (χ4n) is 0.658. The third kappa shape index (κ3) is 1.74. The Bertz CT molecular complexity index is 198. The van der Waals surface area contributed by atoms with Gasteiger partial charge in [0, 0.05) is 0 Å². The van der Waals surface area contributed by atoms with Crippen LogP contribution in [0.25, 0.3) is 0 Å². The molecule has 0 saturated heterocycles. The van der Waals surface area contributed by atoms with E-state index in [9.17, 15) is 0 Å². The molecule has 0 heterocycles. The Morgan fingerprint density at radius 3 is 2.44 bits per heavy atom. The van der Waals surface area contributed by atoms with Crippen molar-refractivity contribution in [2.24, 2.45) is 0 Å². The Morgan fingerprint density at radius 2 is 2.00 bits per heavy atom. The third-order valence-electron chi connectivity index (χ3n) is 1.21. The molecular weight excluding hydrogens is 194 g/mol. The van der Waals surface area contributed by atoms with Crippen molar-refractivity contribution in [3.63, 3.8) is 0 Å². The van der Waals surface area contributed by atoms with Crippen molar-refractivity contribution >= 4 is 29.1 Å². The summed E-state index contributed by atoms with van der Waals surface area (Å²) in [6.45, 7) is 2.09. The van der Waals surface area contributed by atoms with Gasteiger partial charge in [0.05, 0.1) is 0 Å². The standard InChI is InChI=1S/C7H7AsCl/c1-6-4-2-3-5-7(6)8-9/h2-5H,1H3. The van der Waals surface area contributed by atoms with Crippen LogP contribution in [0.3, 0.4) is 0 Å². The molecule has 9 heavy (non-hydrogen) atoms. The second kappa shape index (κ2) is 3.29. The summed E-state index contributed by atoms with van der Waals surface area (Å²) < 4.78 is 1.32. The van der Waals surface area contributed by atoms with Gasteiger partial charge in [0.1, 0.15) is 0 Å². The molecule has 1 rings (SSSR count). The first-order chi connectivity index (χ1) is 4.34. The van der Waals surface area contributed by atoms with Crippen molar-refractivity contribution in [2.45, 2.75) is 6.92 Å². The molecule has 0 spiro atoms. The molecule has 0 aliphatic heterocycles. The van der Waals surface area contributed by atoms with Gasteiger partial charge in [0.2, 0.25) is 0 Å². The molecule has 2 heteroatoms. The molecule has 0 N–H and O–H groups in total. The second-order valence-corrected chi connectivity index (χ2v) is 4.11. The zero-order valence-electron chi connectivity index (χ0n) is 5.13. The van der Waals surface area contributed by atoms with Crippen LogP contribution in [-0.4, -0.2) is 14.8 Å². The Morgan fingerprint density at radius 1 is 1.33 bits per heavy atom. The molecule has 0 aromatic heterocycles. The van der Waals surface area contributed by atoms with E-state index in [4.69, 9.17) is 9.95 Å². The van der Waals surface area contributed by atoms with Crippen LogP contribution in [0.2, 0.25) is 0 Å². The van der Waals surface area contributed by atoms with Crippen LogP contribution < -0.4 is 4.35 Å². The van der Waals surface area contributed by atoms with Crippen LogP contribution in [0, 0.1) is 6.92 Å². The number of benzene rings is 1. The number of aryl methyl sites for hydroxylation is 1. The Kier molecular flexibility index (Phi) is 2.62. The molecule has 0 unspecified atom stereocenters. The average molecular weight is 202 g/mol. The van der Waals surface area contributed by atoms with Crippen molar-refractivity contribution < 1.29 is 0 Å². The third-order valence-corrected chi connectivity index (χ3v) is 3.59. The van der Waals surface area contributed by atoms with Crippen molar-refractivity contribution in [1.29, 1.82) is 0 Å². The summed E-state index contributed by atoms with van der Waals surface area (Å²) in [5, 5.41) is 0. The average Bonchev–Trinajstić information content (AvgIpc) is 1.89. The topological polar surface area (TPSA) is 0 Å². The molecule has 47 valence electrons. The van der Waals surface area contributed by atoms with Crippen LogP contribution in [0.4, 0.5) is 0 Å². The van der Waals surface area contributed by atoms with Gasteiger partial charge in [-0.3, -0.25) is 0 Å². The van der Waals surface area contributed by atoms with E-state index in [2.05, 4.69) is 19.1 Å². The zero-order chi connectivity index (χ0) is 6.69. The quantitative estimate of drug-likeness (QED) is 0.604. The van der Waals surface area contributed by atoms with E-state index in [1.807, 2.05) is 12.1 Å². The van der Waals surface area contributed by atoms with E-state index in [0.29, 0.717) is 0 Å². The molecule has 1 aromatic rings. The van der Waals surface area contributed by atoms with Gasteiger partial charge in [-0.25, -0.2) is 0 Å². The molecule has 0 saturated carbocycles. The molecule has 0 atom stereocenters. The molecule has 0 aliphatic rings. The number of hydrogen-bond donors (Lipinski definition) is 0. The van der Waals surface area contributed by atoms with E-state index in [1.54, 1.807) is 0 Å². The number of halogens is 1. The maximum atomic E-state index is 5.73. The van der Waals surface area contributed by atoms with E-state index < -0.39 is 0 Å². The van der Waals surface area contributed by atoms with Gasteiger partial charge < -0.3 is 0 Å². The van der Waals surface area contributed by atoms with Gasteiger partial charge >= 0.3 is 65.9 Å². The molecule has 0 bridgehead atoms. The molecular formula is C7H7AsCl. The summed E-state index contributed by atoms with van der Waals surface area (Å²) in [5.74, 6) is 0. The molecule has 0 nitrogen and oxygen atoms in total. The minimum atomic E-state index is -0.113. The van der Waals surface area contributed by atoms with E-state index >= 15 is 0 Å². The van der Waals surface area contributed by atoms with Gasteiger partial charge in [0.25, 0.3) is 0 Å². The van der Waals surface area contributed by atoms with Crippen LogP contribution >= 0.6 is 9.95 Å². The molecule has 0 fully saturated rings. The fourth-order valence-corrected chi connectivity index (χ4v) is 2.38. The summed E-state index contributed by atoms with van der Waals surface area (Å²) in [4.78, 5) is 0. The first kappa shape index (κ1) is 7.18. The van der Waals surface area contributed by atoms with Crippen molar-refractivity contribution in [2.75, 3.05) is 0 Å². The predicted octanol–water partition coefficient (Wildman–Crippen LogP) is 1.48. The summed E-state index contributed by atoms with van der Waals surface area (Å²) in [7, 11) is 5.73. The second-order valence-electron chi connectivity index (χ2n) is 1.87. The van der Waals surface area contributed by atoms with Crippen molar-refractivity contribution in [1.82, 2.24) is 0 Å². The van der Waals surface area contributed by atoms with Crippen LogP contribution in [-0.2, 0) is 0 Å². The summed E-state index contributed by atoms with van der Waals surface area (Å²) >= 11 is -0.113. The molecule has 1 radical (unpaired) electrons. The van der Waals surface area contributed by atoms with Gasteiger partial charge in [-0.05, 0) is 0 Å². The van der Waals surface area contributed by atoms with E-state index in [-0.39, 0.29) is 14.8 Å². The molecule has 1 aromatic carbocycles. The SMILES string of the molecule is Cc1ccccc1[As]Cl. The monoisotopic (exact) mass is 201 g/mol. The van der Waals surface area contributed by atoms with Crippen LogP contribution in [0.15, 0.2) is 24.3 Å². The Labute approximate surface area is 66.1 Å². The van der Waals surface area contributed by atoms with E-state index in [1.165, 1.54) is 9.91 Å². The van der Waals surface area contributed by atoms with Crippen LogP contribution in [0.1, 0.15) is 5.56 Å². The van der Waals surface area contributed by atoms with Gasteiger partial charge in [0.15, 0.2) is 0 Å². The summed E-state index contributed by atoms with van der Waals surface area (Å²) in [6, 6.07) is 8.24. The maximum absolute atomic E-state index is 5.73. The molecule has 0 aliphatic carbocycles. The van der Waals surface area contributed by atoms with Crippen molar-refractivity contribution in [3.8, 4) is 0 Å². The van der Waals surface area contributed by atoms with Crippen LogP contribution in [0.5, 0.6) is 0 Å². The van der Waals surface area contributed by atoms with Gasteiger partial charge in [-0.15, -0.1) is 0 Å². The number of hydrogen-bond acceptors (Lipinski definition) is 0. The molecule has 0 amide bonds. The van der Waals surface area contributed by atoms with Crippen molar-refractivity contribution in [3.05, 3.63) is 29.8 Å². The zero-order valence-corrected chi connectivity index (χ0v) is 7.77. The minimum absolute atomic E-state index is 0.113. The fraction of sp³-hybridized carbons (Fsp3) is 0.143. The van der Waals surface area contributed by atoms with E-state index in [0.717, 1.165) is 0 Å². The normalized spacial score (nSPS) is 10.9. The Balaban J connectivity index is 3.01. The Hall–Kier alpha value is 0.0684. The number of rotatable bonds is 1. The predicted molar refractivity (Wildman–Crippen MR) is 42.4 cm³/mol. The summed E-state index contributed by atoms with van der Waals surface area (Å²) in [6.07, 6.45) is 0. The first-order valence-electron chi connectivity index (χ1n) is 2.72. The summed E-state index contributed by atoms with van der Waals surface area (Å²) in [5.41, 5.74) is 1.31. The van der Waals surface area contributed by atoms with Gasteiger partial charge in [-0.1, -0.05) is 0 Å². The van der Waals surface area contributed by atoms with Gasteiger partial charge in [-0.2, -0.15) is 0 Å².